The van der Waals surface area contributed by atoms with Gasteiger partial charge in [-0.05, 0) is 19.4 Å². The quantitative estimate of drug-likeness (QED) is 0.556. The molecule has 1 rings (SSSR count). The van der Waals surface area contributed by atoms with Gasteiger partial charge in [0.25, 0.3) is 0 Å². The van der Waals surface area contributed by atoms with Gasteiger partial charge >= 0.3 is 5.97 Å². The molecule has 0 aliphatic rings. The van der Waals surface area contributed by atoms with Crippen LogP contribution in [-0.4, -0.2) is 18.4 Å². The third kappa shape index (κ3) is 4.81. The highest BCUT2D eigenvalue weighted by Crippen LogP contribution is 2.14. The number of hydrogen-bond acceptors (Lipinski definition) is 3. The second kappa shape index (κ2) is 6.84. The molecule has 0 N–H and O–H groups in total. The Morgan fingerprint density at radius 3 is 2.53 bits per heavy atom. The number of esters is 1. The number of rotatable bonds is 6. The highest BCUT2D eigenvalue weighted by Gasteiger charge is 2.18. The van der Waals surface area contributed by atoms with Crippen molar-refractivity contribution in [2.75, 3.05) is 6.61 Å². The fraction of sp³-hybridized carbons (Fsp3) is 0.214. The zero-order valence-electron chi connectivity index (χ0n) is 9.81. The summed E-state index contributed by atoms with van der Waals surface area (Å²) < 4.78 is 4.70. The van der Waals surface area contributed by atoms with Crippen LogP contribution in [0.5, 0.6) is 0 Å². The van der Waals surface area contributed by atoms with Crippen molar-refractivity contribution in [3.8, 4) is 0 Å². The average molecular weight is 231 g/mol. The Balaban J connectivity index is 2.45. The number of ether oxygens (including phenoxy) is 1. The van der Waals surface area contributed by atoms with E-state index >= 15 is 0 Å². The molecule has 0 atom stereocenters. The van der Waals surface area contributed by atoms with E-state index < -0.39 is 5.97 Å². The zero-order valence-corrected chi connectivity index (χ0v) is 9.81. The van der Waals surface area contributed by atoms with E-state index in [1.807, 2.05) is 30.3 Å². The van der Waals surface area contributed by atoms with Gasteiger partial charge < -0.3 is 4.74 Å². The smallest absolute Gasteiger partial charge is 0.313 e. The predicted molar refractivity (Wildman–Crippen MR) is 64.7 cm³/mol. The maximum atomic E-state index is 11.6. The molecule has 0 aliphatic heterocycles. The molecule has 0 aliphatic carbocycles. The molecule has 0 saturated heterocycles. The Bertz CT molecular complexity index is 370. The van der Waals surface area contributed by atoms with Gasteiger partial charge in [-0.25, -0.2) is 0 Å². The van der Waals surface area contributed by atoms with Crippen molar-refractivity contribution in [1.29, 1.82) is 0 Å². The zero-order chi connectivity index (χ0) is 12.7. The summed E-state index contributed by atoms with van der Waals surface area (Å²) in [5, 5.41) is 0. The molecule has 89 valence electrons. The minimum Gasteiger partial charge on any atom is -0.466 e. The number of ketones is 1. The van der Waals surface area contributed by atoms with Crippen LogP contribution in [0.2, 0.25) is 0 Å². The average Bonchev–Trinajstić information content (AvgIpc) is 2.30. The molecule has 17 heavy (non-hydrogen) atoms. The van der Waals surface area contributed by atoms with Crippen LogP contribution in [0.4, 0.5) is 0 Å². The summed E-state index contributed by atoms with van der Waals surface area (Å²) in [6.45, 7) is 5.63. The molecular weight excluding hydrogens is 216 g/mol. The molecule has 0 unspecified atom stereocenters. The lowest BCUT2D eigenvalue weighted by Crippen LogP contribution is -2.16. The van der Waals surface area contributed by atoms with E-state index in [-0.39, 0.29) is 18.8 Å². The molecular formula is C14H15O3. The van der Waals surface area contributed by atoms with Gasteiger partial charge in [0.2, 0.25) is 0 Å². The molecule has 0 heterocycles. The van der Waals surface area contributed by atoms with Crippen molar-refractivity contribution in [2.45, 2.75) is 13.3 Å². The SMILES string of the molecule is [CH2][C]([CH]c1ccccc1)C(=O)CC(=O)OCC. The van der Waals surface area contributed by atoms with Crippen LogP contribution in [0.15, 0.2) is 30.3 Å². The molecule has 0 aromatic heterocycles. The molecule has 0 fully saturated rings. The van der Waals surface area contributed by atoms with Crippen molar-refractivity contribution in [2.24, 2.45) is 0 Å². The topological polar surface area (TPSA) is 43.4 Å². The first-order valence-corrected chi connectivity index (χ1v) is 5.41. The van der Waals surface area contributed by atoms with Gasteiger partial charge in [0.1, 0.15) is 6.42 Å². The first-order valence-electron chi connectivity index (χ1n) is 5.41. The molecule has 0 spiro atoms. The van der Waals surface area contributed by atoms with Crippen LogP contribution >= 0.6 is 0 Å². The van der Waals surface area contributed by atoms with Crippen LogP contribution < -0.4 is 0 Å². The van der Waals surface area contributed by atoms with E-state index in [0.717, 1.165) is 5.56 Å². The summed E-state index contributed by atoms with van der Waals surface area (Å²) in [6.07, 6.45) is 1.40. The maximum absolute atomic E-state index is 11.6. The van der Waals surface area contributed by atoms with Crippen LogP contribution in [0.3, 0.4) is 0 Å². The molecule has 0 amide bonds. The Morgan fingerprint density at radius 1 is 1.29 bits per heavy atom. The Hall–Kier alpha value is -1.64. The monoisotopic (exact) mass is 231 g/mol. The summed E-state index contributed by atoms with van der Waals surface area (Å²) in [5.74, 6) is -0.517. The summed E-state index contributed by atoms with van der Waals surface area (Å²) in [7, 11) is 0. The summed E-state index contributed by atoms with van der Waals surface area (Å²) in [5.41, 5.74) is 0.884. The van der Waals surface area contributed by atoms with E-state index in [1.165, 1.54) is 0 Å². The molecule has 3 radical (unpaired) electrons. The Morgan fingerprint density at radius 2 is 1.94 bits per heavy atom. The van der Waals surface area contributed by atoms with Crippen molar-refractivity contribution in [3.05, 3.63) is 55.2 Å². The number of carbonyl (C=O) groups is 2. The second-order valence-electron chi connectivity index (χ2n) is 3.49. The normalized spacial score (nSPS) is 10.3. The number of hydrogen-bond donors (Lipinski definition) is 0. The van der Waals surface area contributed by atoms with E-state index in [9.17, 15) is 9.59 Å². The largest absolute Gasteiger partial charge is 0.466 e. The third-order valence-electron chi connectivity index (χ3n) is 2.11. The van der Waals surface area contributed by atoms with Gasteiger partial charge in [-0.1, -0.05) is 30.3 Å². The highest BCUT2D eigenvalue weighted by atomic mass is 16.5. The van der Waals surface area contributed by atoms with Gasteiger partial charge in [-0.15, -0.1) is 0 Å². The minimum atomic E-state index is -0.514. The lowest BCUT2D eigenvalue weighted by molar-refractivity contribution is -0.145. The van der Waals surface area contributed by atoms with E-state index in [0.29, 0.717) is 5.92 Å². The fourth-order valence-electron chi connectivity index (χ4n) is 1.29. The van der Waals surface area contributed by atoms with E-state index in [2.05, 4.69) is 6.92 Å². The Kier molecular flexibility index (Phi) is 5.40. The summed E-state index contributed by atoms with van der Waals surface area (Å²) in [4.78, 5) is 22.7. The fourth-order valence-corrected chi connectivity index (χ4v) is 1.29. The first-order chi connectivity index (χ1) is 8.13. The molecule has 1 aromatic carbocycles. The van der Waals surface area contributed by atoms with Gasteiger partial charge in [-0.3, -0.25) is 9.59 Å². The van der Waals surface area contributed by atoms with Gasteiger partial charge in [0, 0.05) is 6.42 Å². The van der Waals surface area contributed by atoms with Crippen LogP contribution in [0.25, 0.3) is 0 Å². The van der Waals surface area contributed by atoms with Gasteiger partial charge in [-0.2, -0.15) is 0 Å². The second-order valence-corrected chi connectivity index (χ2v) is 3.49. The number of benzene rings is 1. The van der Waals surface area contributed by atoms with E-state index in [1.54, 1.807) is 13.3 Å². The van der Waals surface area contributed by atoms with Crippen molar-refractivity contribution < 1.29 is 14.3 Å². The lowest BCUT2D eigenvalue weighted by atomic mass is 9.95. The number of Topliss-reactive ketones (excluding diaryl/α,β-unsaturated/α-hetero) is 1. The molecule has 1 aromatic rings. The number of carbonyl (C=O) groups excluding carboxylic acids is 2. The molecule has 3 nitrogen and oxygen atoms in total. The minimum absolute atomic E-state index is 0.254. The van der Waals surface area contributed by atoms with Gasteiger partial charge in [0.05, 0.1) is 12.5 Å². The standard InChI is InChI=1S/C14H15O3/c1-3-17-14(16)10-13(15)11(2)9-12-7-5-4-6-8-12/h4-9H,2-3,10H2,1H3. The first kappa shape index (κ1) is 13.4. The predicted octanol–water partition coefficient (Wildman–Crippen LogP) is 2.17. The van der Waals surface area contributed by atoms with Crippen molar-refractivity contribution in [3.63, 3.8) is 0 Å². The van der Waals surface area contributed by atoms with Crippen LogP contribution in [0.1, 0.15) is 18.9 Å². The van der Waals surface area contributed by atoms with E-state index in [4.69, 9.17) is 4.74 Å². The highest BCUT2D eigenvalue weighted by molar-refractivity contribution is 6.05. The maximum Gasteiger partial charge on any atom is 0.313 e. The summed E-state index contributed by atoms with van der Waals surface area (Å²) in [6, 6.07) is 9.36. The van der Waals surface area contributed by atoms with Crippen LogP contribution in [-0.2, 0) is 14.3 Å². The Labute approximate surface area is 102 Å². The molecule has 0 saturated carbocycles. The molecule has 3 heteroatoms. The van der Waals surface area contributed by atoms with Crippen molar-refractivity contribution >= 4 is 11.8 Å². The van der Waals surface area contributed by atoms with Crippen molar-refractivity contribution in [1.82, 2.24) is 0 Å². The van der Waals surface area contributed by atoms with Gasteiger partial charge in [0.15, 0.2) is 5.78 Å². The third-order valence-corrected chi connectivity index (χ3v) is 2.11. The summed E-state index contributed by atoms with van der Waals surface area (Å²) >= 11 is 0. The van der Waals surface area contributed by atoms with Crippen LogP contribution in [0, 0.1) is 19.3 Å². The lowest BCUT2D eigenvalue weighted by Gasteiger charge is -2.08. The molecule has 0 bridgehead atoms.